The van der Waals surface area contributed by atoms with Crippen LogP contribution >= 0.6 is 11.3 Å². The molecule has 31 heavy (non-hydrogen) atoms. The number of aromatic nitrogens is 2. The van der Waals surface area contributed by atoms with Crippen molar-refractivity contribution in [2.75, 3.05) is 0 Å². The van der Waals surface area contributed by atoms with E-state index in [-0.39, 0.29) is 12.4 Å². The molecule has 0 radical (unpaired) electrons. The number of benzene rings is 2. The Kier molecular flexibility index (Phi) is 5.36. The van der Waals surface area contributed by atoms with E-state index in [1.165, 1.54) is 23.5 Å². The first kappa shape index (κ1) is 21.5. The quantitative estimate of drug-likeness (QED) is 0.418. The molecule has 0 atom stereocenters. The van der Waals surface area contributed by atoms with Crippen molar-refractivity contribution >= 4 is 26.3 Å². The molecule has 11 heteroatoms. The molecule has 1 N–H and O–H groups in total. The van der Waals surface area contributed by atoms with Crippen molar-refractivity contribution in [3.63, 3.8) is 0 Å². The largest absolute Gasteiger partial charge is 0.416 e. The van der Waals surface area contributed by atoms with Gasteiger partial charge < -0.3 is 0 Å². The van der Waals surface area contributed by atoms with E-state index in [0.717, 1.165) is 29.5 Å². The summed E-state index contributed by atoms with van der Waals surface area (Å²) in [5, 5.41) is 0. The van der Waals surface area contributed by atoms with E-state index in [0.29, 0.717) is 21.6 Å². The van der Waals surface area contributed by atoms with Gasteiger partial charge in [0.25, 0.3) is 0 Å². The molecule has 0 aliphatic heterocycles. The molecule has 2 heterocycles. The predicted octanol–water partition coefficient (Wildman–Crippen LogP) is 5.01. The van der Waals surface area contributed by atoms with Crippen molar-refractivity contribution in [1.82, 2.24) is 14.1 Å². The van der Waals surface area contributed by atoms with Gasteiger partial charge in [-0.2, -0.15) is 13.2 Å². The van der Waals surface area contributed by atoms with E-state index in [2.05, 4.69) is 9.71 Å². The highest BCUT2D eigenvalue weighted by Crippen LogP contribution is 2.31. The third-order valence-electron chi connectivity index (χ3n) is 4.69. The molecule has 0 aliphatic rings. The van der Waals surface area contributed by atoms with Crippen LogP contribution in [0.4, 0.5) is 17.6 Å². The molecule has 162 valence electrons. The summed E-state index contributed by atoms with van der Waals surface area (Å²) < 4.78 is 80.9. The first-order valence-electron chi connectivity index (χ1n) is 8.95. The lowest BCUT2D eigenvalue weighted by molar-refractivity contribution is -0.137. The summed E-state index contributed by atoms with van der Waals surface area (Å²) in [7, 11) is -4.14. The summed E-state index contributed by atoms with van der Waals surface area (Å²) in [5.74, 6) is -0.351. The number of nitrogens with one attached hydrogen (secondary N) is 1. The standard InChI is InChI=1S/C20H15F4N3O2S2/c1-12-18(10-25-31(28,29)16-4-2-3-14(9-16)20(22,23)24)30-19-26-17(11-27(12)19)13-5-7-15(21)8-6-13/h2-9,11,25H,10H2,1H3. The van der Waals surface area contributed by atoms with Gasteiger partial charge in [-0.05, 0) is 49.4 Å². The fourth-order valence-corrected chi connectivity index (χ4v) is 5.18. The van der Waals surface area contributed by atoms with Crippen LogP contribution in [-0.2, 0) is 22.7 Å². The minimum Gasteiger partial charge on any atom is -0.294 e. The highest BCUT2D eigenvalue weighted by molar-refractivity contribution is 7.89. The first-order valence-corrected chi connectivity index (χ1v) is 11.2. The number of thiazole rings is 1. The molecule has 0 unspecified atom stereocenters. The van der Waals surface area contributed by atoms with E-state index in [1.807, 2.05) is 0 Å². The van der Waals surface area contributed by atoms with Gasteiger partial charge in [0.2, 0.25) is 10.0 Å². The van der Waals surface area contributed by atoms with Gasteiger partial charge in [-0.25, -0.2) is 22.5 Å². The molecule has 0 fully saturated rings. The van der Waals surface area contributed by atoms with Crippen molar-refractivity contribution in [2.24, 2.45) is 0 Å². The van der Waals surface area contributed by atoms with Crippen molar-refractivity contribution in [1.29, 1.82) is 0 Å². The Labute approximate surface area is 179 Å². The monoisotopic (exact) mass is 469 g/mol. The smallest absolute Gasteiger partial charge is 0.294 e. The number of halogens is 4. The third kappa shape index (κ3) is 4.34. The maximum Gasteiger partial charge on any atom is 0.416 e. The number of sulfonamides is 1. The van der Waals surface area contributed by atoms with Crippen molar-refractivity contribution in [3.05, 3.63) is 76.7 Å². The van der Waals surface area contributed by atoms with E-state index in [4.69, 9.17) is 0 Å². The molecule has 4 rings (SSSR count). The van der Waals surface area contributed by atoms with Crippen LogP contribution in [0.5, 0.6) is 0 Å². The van der Waals surface area contributed by atoms with Crippen LogP contribution in [0.1, 0.15) is 16.1 Å². The average Bonchev–Trinajstić information content (AvgIpc) is 3.26. The molecule has 2 aromatic carbocycles. The highest BCUT2D eigenvalue weighted by Gasteiger charge is 2.31. The van der Waals surface area contributed by atoms with Crippen LogP contribution in [0.25, 0.3) is 16.2 Å². The van der Waals surface area contributed by atoms with Crippen LogP contribution in [0.15, 0.2) is 59.6 Å². The molecule has 0 bridgehead atoms. The summed E-state index contributed by atoms with van der Waals surface area (Å²) >= 11 is 1.26. The van der Waals surface area contributed by atoms with Gasteiger partial charge in [0.15, 0.2) is 4.96 Å². The second-order valence-corrected chi connectivity index (χ2v) is 9.58. The lowest BCUT2D eigenvalue weighted by Gasteiger charge is -2.10. The molecule has 4 aromatic rings. The van der Waals surface area contributed by atoms with Gasteiger partial charge in [-0.15, -0.1) is 0 Å². The second-order valence-electron chi connectivity index (χ2n) is 6.75. The topological polar surface area (TPSA) is 63.5 Å². The Hall–Kier alpha value is -2.76. The van der Waals surface area contributed by atoms with Gasteiger partial charge in [0, 0.05) is 28.9 Å². The summed E-state index contributed by atoms with van der Waals surface area (Å²) in [4.78, 5) is 5.32. The van der Waals surface area contributed by atoms with Crippen molar-refractivity contribution < 1.29 is 26.0 Å². The molecule has 2 aromatic heterocycles. The summed E-state index contributed by atoms with van der Waals surface area (Å²) in [6.07, 6.45) is -2.87. The lowest BCUT2D eigenvalue weighted by Crippen LogP contribution is -2.23. The van der Waals surface area contributed by atoms with Gasteiger partial charge in [-0.3, -0.25) is 4.40 Å². The SMILES string of the molecule is Cc1c(CNS(=O)(=O)c2cccc(C(F)(F)F)c2)sc2nc(-c3ccc(F)cc3)cn12. The molecule has 0 saturated carbocycles. The number of hydrogen-bond donors (Lipinski definition) is 1. The molecule has 0 amide bonds. The van der Waals surface area contributed by atoms with Crippen LogP contribution in [0, 0.1) is 12.7 Å². The third-order valence-corrected chi connectivity index (χ3v) is 7.24. The molecule has 0 aliphatic carbocycles. The number of nitrogens with zero attached hydrogens (tertiary/aromatic N) is 2. The number of aryl methyl sites for hydroxylation is 1. The zero-order valence-corrected chi connectivity index (χ0v) is 17.6. The van der Waals surface area contributed by atoms with Gasteiger partial charge in [0.05, 0.1) is 16.2 Å². The minimum absolute atomic E-state index is 0.0929. The normalized spacial score (nSPS) is 12.5. The lowest BCUT2D eigenvalue weighted by atomic mass is 10.2. The predicted molar refractivity (Wildman–Crippen MR) is 109 cm³/mol. The maximum absolute atomic E-state index is 13.1. The minimum atomic E-state index is -4.64. The van der Waals surface area contributed by atoms with E-state index in [9.17, 15) is 26.0 Å². The number of rotatable bonds is 5. The summed E-state index contributed by atoms with van der Waals surface area (Å²) in [5.41, 5.74) is 1.09. The van der Waals surface area contributed by atoms with Crippen LogP contribution in [-0.4, -0.2) is 17.8 Å². The van der Waals surface area contributed by atoms with Crippen LogP contribution in [0.3, 0.4) is 0 Å². The number of imidazole rings is 1. The zero-order valence-electron chi connectivity index (χ0n) is 15.9. The molecule has 0 saturated heterocycles. The number of hydrogen-bond acceptors (Lipinski definition) is 4. The summed E-state index contributed by atoms with van der Waals surface area (Å²) in [6.45, 7) is 1.69. The van der Waals surface area contributed by atoms with Crippen LogP contribution < -0.4 is 4.72 Å². The van der Waals surface area contributed by atoms with Crippen molar-refractivity contribution in [3.8, 4) is 11.3 Å². The Bertz CT molecular complexity index is 1360. The second kappa shape index (κ2) is 7.74. The van der Waals surface area contributed by atoms with Gasteiger partial charge >= 0.3 is 6.18 Å². The van der Waals surface area contributed by atoms with Gasteiger partial charge in [-0.1, -0.05) is 17.4 Å². The summed E-state index contributed by atoms with van der Waals surface area (Å²) in [6, 6.07) is 9.48. The first-order chi connectivity index (χ1) is 14.5. The average molecular weight is 469 g/mol. The van der Waals surface area contributed by atoms with Crippen LogP contribution in [0.2, 0.25) is 0 Å². The fourth-order valence-electron chi connectivity index (χ4n) is 3.00. The number of alkyl halides is 3. The van der Waals surface area contributed by atoms with E-state index >= 15 is 0 Å². The zero-order chi connectivity index (χ0) is 22.4. The maximum atomic E-state index is 13.1. The van der Waals surface area contributed by atoms with E-state index < -0.39 is 26.7 Å². The highest BCUT2D eigenvalue weighted by atomic mass is 32.2. The Morgan fingerprint density at radius 3 is 2.48 bits per heavy atom. The number of fused-ring (bicyclic) bond motifs is 1. The molecule has 0 spiro atoms. The van der Waals surface area contributed by atoms with E-state index in [1.54, 1.807) is 29.7 Å². The van der Waals surface area contributed by atoms with Gasteiger partial charge in [0.1, 0.15) is 5.82 Å². The molecule has 5 nitrogen and oxygen atoms in total. The fraction of sp³-hybridized carbons (Fsp3) is 0.150. The Morgan fingerprint density at radius 2 is 1.84 bits per heavy atom. The molecular weight excluding hydrogens is 454 g/mol. The van der Waals surface area contributed by atoms with Crippen molar-refractivity contribution in [2.45, 2.75) is 24.5 Å². The Morgan fingerprint density at radius 1 is 1.13 bits per heavy atom. The Balaban J connectivity index is 1.56. The molecular formula is C20H15F4N3O2S2.